The number of methoxy groups -OCH3 is 1. The molecule has 3 aromatic rings. The summed E-state index contributed by atoms with van der Waals surface area (Å²) in [5.74, 6) is -1.73. The van der Waals surface area contributed by atoms with Crippen molar-refractivity contribution in [3.05, 3.63) is 42.4 Å². The number of piperidine rings is 1. The smallest absolute Gasteiger partial charge is 0.490 e. The topological polar surface area (TPSA) is 115 Å². The van der Waals surface area contributed by atoms with Crippen molar-refractivity contribution in [2.75, 3.05) is 26.5 Å². The maximum Gasteiger partial charge on any atom is 0.490 e. The predicted molar refractivity (Wildman–Crippen MR) is 123 cm³/mol. The second kappa shape index (κ2) is 10.2. The maximum atomic E-state index is 11.8. The minimum absolute atomic E-state index is 0.231. The first kappa shape index (κ1) is 26.4. The summed E-state index contributed by atoms with van der Waals surface area (Å²) in [5, 5.41) is 7.12. The third-order valence-electron chi connectivity index (χ3n) is 5.68. The van der Waals surface area contributed by atoms with Crippen molar-refractivity contribution < 1.29 is 36.2 Å². The molecule has 190 valence electrons. The van der Waals surface area contributed by atoms with Gasteiger partial charge in [-0.3, -0.25) is 4.98 Å². The number of pyridine rings is 1. The van der Waals surface area contributed by atoms with Crippen LogP contribution in [0.15, 0.2) is 36.7 Å². The molecule has 1 aliphatic rings. The highest BCUT2D eigenvalue weighted by molar-refractivity contribution is 7.88. The molecule has 35 heavy (non-hydrogen) atoms. The number of nitrogens with zero attached hydrogens (tertiary/aromatic N) is 4. The number of hydrogen-bond donors (Lipinski definition) is 1. The van der Waals surface area contributed by atoms with E-state index in [9.17, 15) is 21.6 Å². The van der Waals surface area contributed by atoms with Crippen molar-refractivity contribution in [2.45, 2.75) is 24.9 Å². The quantitative estimate of drug-likeness (QED) is 0.567. The molecule has 1 fully saturated rings. The zero-order valence-corrected chi connectivity index (χ0v) is 20.1. The lowest BCUT2D eigenvalue weighted by Gasteiger charge is -2.30. The number of carboxylic acid groups (broad SMARTS) is 1. The van der Waals surface area contributed by atoms with E-state index >= 15 is 0 Å². The number of fused-ring (bicyclic) bond motifs is 1. The molecule has 0 saturated carbocycles. The van der Waals surface area contributed by atoms with Crippen LogP contribution in [0, 0.1) is 0 Å². The van der Waals surface area contributed by atoms with Crippen molar-refractivity contribution in [3.63, 3.8) is 0 Å². The van der Waals surface area contributed by atoms with Crippen LogP contribution in [0.3, 0.4) is 0 Å². The molecule has 1 aromatic carbocycles. The highest BCUT2D eigenvalue weighted by atomic mass is 32.2. The van der Waals surface area contributed by atoms with Gasteiger partial charge >= 0.3 is 12.1 Å². The Labute approximate surface area is 200 Å². The van der Waals surface area contributed by atoms with Crippen molar-refractivity contribution in [3.8, 4) is 17.0 Å². The van der Waals surface area contributed by atoms with Gasteiger partial charge in [-0.2, -0.15) is 13.2 Å². The molecule has 0 spiro atoms. The van der Waals surface area contributed by atoms with Crippen molar-refractivity contribution in [2.24, 2.45) is 7.05 Å². The molecule has 3 heterocycles. The Bertz CT molecular complexity index is 1300. The zero-order valence-electron chi connectivity index (χ0n) is 19.3. The number of carbonyl (C=O) groups is 1. The van der Waals surface area contributed by atoms with Gasteiger partial charge in [-0.1, -0.05) is 0 Å². The molecule has 2 aromatic heterocycles. The summed E-state index contributed by atoms with van der Waals surface area (Å²) in [7, 11) is 0.487. The Morgan fingerprint density at radius 3 is 2.23 bits per heavy atom. The van der Waals surface area contributed by atoms with E-state index in [1.54, 1.807) is 17.7 Å². The van der Waals surface area contributed by atoms with Gasteiger partial charge in [0.05, 0.1) is 30.9 Å². The van der Waals surface area contributed by atoms with Crippen LogP contribution in [-0.2, 0) is 21.9 Å². The van der Waals surface area contributed by atoms with E-state index in [2.05, 4.69) is 11.1 Å². The molecule has 13 heteroatoms. The monoisotopic (exact) mass is 514 g/mol. The van der Waals surface area contributed by atoms with Gasteiger partial charge in [0.1, 0.15) is 11.3 Å². The number of hydrogen-bond acceptors (Lipinski definition) is 6. The van der Waals surface area contributed by atoms with Crippen molar-refractivity contribution in [1.29, 1.82) is 0 Å². The van der Waals surface area contributed by atoms with E-state index in [0.29, 0.717) is 13.1 Å². The van der Waals surface area contributed by atoms with Crippen LogP contribution in [0.2, 0.25) is 0 Å². The number of aryl methyl sites for hydroxylation is 1. The van der Waals surface area contributed by atoms with Crippen LogP contribution in [0.5, 0.6) is 5.75 Å². The van der Waals surface area contributed by atoms with Crippen molar-refractivity contribution >= 4 is 27.0 Å². The van der Waals surface area contributed by atoms with Gasteiger partial charge in [-0.05, 0) is 43.2 Å². The van der Waals surface area contributed by atoms with E-state index in [-0.39, 0.29) is 5.92 Å². The molecular formula is C22H25F3N4O5S. The lowest BCUT2D eigenvalue weighted by atomic mass is 9.93. The summed E-state index contributed by atoms with van der Waals surface area (Å²) in [6, 6.07) is 9.92. The minimum atomic E-state index is -5.08. The van der Waals surface area contributed by atoms with Crippen LogP contribution < -0.4 is 4.74 Å². The highest BCUT2D eigenvalue weighted by Gasteiger charge is 2.38. The second-order valence-corrected chi connectivity index (χ2v) is 10.1. The van der Waals surface area contributed by atoms with Gasteiger partial charge in [0.25, 0.3) is 0 Å². The molecule has 0 bridgehead atoms. The SMILES string of the molecule is COc1ccc(-c2nc(C3CCN(S(C)(=O)=O)CC3)cc3c2ncn3C)cc1.O=C(O)C(F)(F)F. The number of rotatable bonds is 4. The lowest BCUT2D eigenvalue weighted by molar-refractivity contribution is -0.192. The van der Waals surface area contributed by atoms with Crippen LogP contribution in [0.1, 0.15) is 24.5 Å². The Kier molecular flexibility index (Phi) is 7.70. The summed E-state index contributed by atoms with van der Waals surface area (Å²) < 4.78 is 64.1. The maximum absolute atomic E-state index is 11.8. The van der Waals surface area contributed by atoms with E-state index in [1.165, 1.54) is 6.26 Å². The number of sulfonamides is 1. The van der Waals surface area contributed by atoms with E-state index in [4.69, 9.17) is 19.6 Å². The molecule has 4 rings (SSSR count). The highest BCUT2D eigenvalue weighted by Crippen LogP contribution is 2.33. The molecule has 0 aliphatic carbocycles. The first-order valence-corrected chi connectivity index (χ1v) is 12.4. The number of halogens is 3. The molecule has 9 nitrogen and oxygen atoms in total. The van der Waals surface area contributed by atoms with Gasteiger partial charge in [0.2, 0.25) is 10.0 Å². The normalized spacial score (nSPS) is 15.5. The van der Waals surface area contributed by atoms with Crippen molar-refractivity contribution in [1.82, 2.24) is 18.8 Å². The van der Waals surface area contributed by atoms with Crippen LogP contribution in [0.4, 0.5) is 13.2 Å². The second-order valence-electron chi connectivity index (χ2n) is 8.09. The number of carboxylic acids is 1. The van der Waals surface area contributed by atoms with Gasteiger partial charge in [-0.15, -0.1) is 0 Å². The summed E-state index contributed by atoms with van der Waals surface area (Å²) in [6.07, 6.45) is -0.471. The zero-order chi connectivity index (χ0) is 26.0. The Hall–Kier alpha value is -3.19. The third kappa shape index (κ3) is 6.28. The Morgan fingerprint density at radius 1 is 1.17 bits per heavy atom. The summed E-state index contributed by atoms with van der Waals surface area (Å²) in [6.45, 7) is 1.07. The molecule has 1 aliphatic heterocycles. The van der Waals surface area contributed by atoms with E-state index in [1.807, 2.05) is 35.9 Å². The number of aromatic nitrogens is 3. The third-order valence-corrected chi connectivity index (χ3v) is 6.98. The first-order chi connectivity index (χ1) is 16.3. The molecule has 1 N–H and O–H groups in total. The van der Waals surface area contributed by atoms with Gasteiger partial charge in [0, 0.05) is 37.3 Å². The van der Waals surface area contributed by atoms with E-state index < -0.39 is 22.2 Å². The fourth-order valence-electron chi connectivity index (χ4n) is 3.79. The number of imidazole rings is 1. The number of benzene rings is 1. The van der Waals surface area contributed by atoms with Gasteiger partial charge in [0.15, 0.2) is 0 Å². The van der Waals surface area contributed by atoms with E-state index in [0.717, 1.165) is 46.6 Å². The average Bonchev–Trinajstić information content (AvgIpc) is 3.18. The van der Waals surface area contributed by atoms with Gasteiger partial charge < -0.3 is 14.4 Å². The largest absolute Gasteiger partial charge is 0.497 e. The number of alkyl halides is 3. The Morgan fingerprint density at radius 2 is 1.74 bits per heavy atom. The summed E-state index contributed by atoms with van der Waals surface area (Å²) >= 11 is 0. The number of ether oxygens (including phenoxy) is 1. The molecule has 0 amide bonds. The fourth-order valence-corrected chi connectivity index (χ4v) is 4.66. The van der Waals surface area contributed by atoms with Gasteiger partial charge in [-0.25, -0.2) is 22.5 Å². The van der Waals surface area contributed by atoms with Crippen LogP contribution in [-0.4, -0.2) is 71.0 Å². The molecule has 1 saturated heterocycles. The fraction of sp³-hybridized carbons (Fsp3) is 0.409. The summed E-state index contributed by atoms with van der Waals surface area (Å²) in [5.41, 5.74) is 4.72. The molecule has 0 atom stereocenters. The average molecular weight is 515 g/mol. The predicted octanol–water partition coefficient (Wildman–Crippen LogP) is 3.42. The molecular weight excluding hydrogens is 489 g/mol. The molecule has 0 radical (unpaired) electrons. The standard InChI is InChI=1S/C20H24N4O3S.C2HF3O2/c1-23-13-21-20-18(23)12-17(14-8-10-24(11-9-14)28(3,25)26)22-19(20)15-4-6-16(27-2)7-5-15;3-2(4,5)1(6)7/h4-7,12-14H,8-11H2,1-3H3;(H,6,7). The first-order valence-electron chi connectivity index (χ1n) is 10.5. The minimum Gasteiger partial charge on any atom is -0.497 e. The lowest BCUT2D eigenvalue weighted by Crippen LogP contribution is -2.37. The number of aliphatic carboxylic acids is 1. The molecule has 0 unspecified atom stereocenters. The van der Waals surface area contributed by atoms with Crippen LogP contribution in [0.25, 0.3) is 22.3 Å². The summed E-state index contributed by atoms with van der Waals surface area (Å²) in [4.78, 5) is 18.4. The Balaban J connectivity index is 0.000000429. The van der Waals surface area contributed by atoms with Crippen LogP contribution >= 0.6 is 0 Å².